The van der Waals surface area contributed by atoms with Crippen LogP contribution in [0.1, 0.15) is 17.0 Å². The molecule has 96 valence electrons. The molecule has 0 radical (unpaired) electrons. The fourth-order valence-corrected chi connectivity index (χ4v) is 1.55. The predicted octanol–water partition coefficient (Wildman–Crippen LogP) is 1.45. The molecule has 0 aliphatic carbocycles. The van der Waals surface area contributed by atoms with E-state index in [0.29, 0.717) is 11.4 Å². The largest absolute Gasteiger partial charge is 0.416 e. The van der Waals surface area contributed by atoms with Crippen LogP contribution in [0.25, 0.3) is 5.69 Å². The Balaban J connectivity index is 2.58. The summed E-state index contributed by atoms with van der Waals surface area (Å²) in [5.74, 6) is 0.400. The molecule has 18 heavy (non-hydrogen) atoms. The van der Waals surface area contributed by atoms with E-state index in [4.69, 9.17) is 5.73 Å². The summed E-state index contributed by atoms with van der Waals surface area (Å²) in [4.78, 5) is 0. The van der Waals surface area contributed by atoms with E-state index in [1.165, 1.54) is 10.7 Å². The molecule has 2 rings (SSSR count). The molecule has 1 aromatic carbocycles. The first-order valence-electron chi connectivity index (χ1n) is 5.08. The Morgan fingerprint density at radius 2 is 2.00 bits per heavy atom. The Labute approximate surface area is 100 Å². The Hall–Kier alpha value is -1.96. The lowest BCUT2D eigenvalue weighted by Gasteiger charge is -2.11. The van der Waals surface area contributed by atoms with Crippen molar-refractivity contribution in [3.8, 4) is 5.69 Å². The zero-order valence-electron chi connectivity index (χ0n) is 9.44. The van der Waals surface area contributed by atoms with Crippen LogP contribution in [0, 0.1) is 6.92 Å². The molecule has 0 aliphatic heterocycles. The maximum absolute atomic E-state index is 12.7. The second-order valence-corrected chi connectivity index (χ2v) is 3.73. The molecular formula is C10H10F3N5. The SMILES string of the molecule is Cc1nnnn1-c1cc(CN)cc(C(F)(F)F)c1. The molecule has 0 amide bonds. The van der Waals surface area contributed by atoms with Gasteiger partial charge in [-0.25, -0.2) is 0 Å². The highest BCUT2D eigenvalue weighted by atomic mass is 19.4. The van der Waals surface area contributed by atoms with Crippen molar-refractivity contribution in [2.75, 3.05) is 0 Å². The van der Waals surface area contributed by atoms with Crippen LogP contribution in [-0.2, 0) is 12.7 Å². The molecule has 2 aromatic rings. The van der Waals surface area contributed by atoms with Gasteiger partial charge in [-0.2, -0.15) is 17.9 Å². The lowest BCUT2D eigenvalue weighted by atomic mass is 10.1. The van der Waals surface area contributed by atoms with E-state index < -0.39 is 11.7 Å². The van der Waals surface area contributed by atoms with Crippen molar-refractivity contribution in [3.63, 3.8) is 0 Å². The molecular weight excluding hydrogens is 247 g/mol. The van der Waals surface area contributed by atoms with Crippen LogP contribution in [0.5, 0.6) is 0 Å². The minimum atomic E-state index is -4.43. The lowest BCUT2D eigenvalue weighted by Crippen LogP contribution is -2.10. The summed E-state index contributed by atoms with van der Waals surface area (Å²) in [7, 11) is 0. The molecule has 0 saturated carbocycles. The highest BCUT2D eigenvalue weighted by Gasteiger charge is 2.31. The number of aryl methyl sites for hydroxylation is 1. The Morgan fingerprint density at radius 1 is 1.28 bits per heavy atom. The highest BCUT2D eigenvalue weighted by Crippen LogP contribution is 2.31. The number of alkyl halides is 3. The number of tetrazole rings is 1. The molecule has 0 fully saturated rings. The van der Waals surface area contributed by atoms with Gasteiger partial charge in [-0.05, 0) is 41.1 Å². The summed E-state index contributed by atoms with van der Waals surface area (Å²) in [5.41, 5.74) is 5.24. The minimum Gasteiger partial charge on any atom is -0.326 e. The van der Waals surface area contributed by atoms with Crippen molar-refractivity contribution in [1.82, 2.24) is 20.2 Å². The highest BCUT2D eigenvalue weighted by molar-refractivity contribution is 5.41. The third-order valence-corrected chi connectivity index (χ3v) is 2.41. The van der Waals surface area contributed by atoms with Gasteiger partial charge in [0.15, 0.2) is 5.82 Å². The van der Waals surface area contributed by atoms with Crippen molar-refractivity contribution in [3.05, 3.63) is 35.2 Å². The number of hydrogen-bond acceptors (Lipinski definition) is 4. The fourth-order valence-electron chi connectivity index (χ4n) is 1.55. The van der Waals surface area contributed by atoms with Gasteiger partial charge < -0.3 is 5.73 Å². The molecule has 0 spiro atoms. The predicted molar refractivity (Wildman–Crippen MR) is 56.8 cm³/mol. The average molecular weight is 257 g/mol. The van der Waals surface area contributed by atoms with Crippen LogP contribution >= 0.6 is 0 Å². The minimum absolute atomic E-state index is 0.0120. The van der Waals surface area contributed by atoms with Gasteiger partial charge in [0.1, 0.15) is 0 Å². The number of nitrogens with two attached hydrogens (primary N) is 1. The number of rotatable bonds is 2. The third-order valence-electron chi connectivity index (χ3n) is 2.41. The smallest absolute Gasteiger partial charge is 0.326 e. The topological polar surface area (TPSA) is 69.6 Å². The number of hydrogen-bond donors (Lipinski definition) is 1. The van der Waals surface area contributed by atoms with Crippen LogP contribution in [0.15, 0.2) is 18.2 Å². The van der Waals surface area contributed by atoms with Gasteiger partial charge in [0.2, 0.25) is 0 Å². The van der Waals surface area contributed by atoms with Gasteiger partial charge in [0, 0.05) is 6.54 Å². The quantitative estimate of drug-likeness (QED) is 0.884. The van der Waals surface area contributed by atoms with Crippen molar-refractivity contribution < 1.29 is 13.2 Å². The number of benzene rings is 1. The standard InChI is InChI=1S/C10H10F3N5/c1-6-15-16-17-18(6)9-3-7(5-14)2-8(4-9)10(11,12)13/h2-4H,5,14H2,1H3. The van der Waals surface area contributed by atoms with Gasteiger partial charge in [-0.1, -0.05) is 0 Å². The first-order valence-corrected chi connectivity index (χ1v) is 5.08. The summed E-state index contributed by atoms with van der Waals surface area (Å²) in [6.45, 7) is 1.61. The van der Waals surface area contributed by atoms with Gasteiger partial charge in [-0.15, -0.1) is 5.10 Å². The van der Waals surface area contributed by atoms with Crippen LogP contribution < -0.4 is 5.73 Å². The summed E-state index contributed by atoms with van der Waals surface area (Å²) in [5, 5.41) is 10.7. The van der Waals surface area contributed by atoms with E-state index in [1.807, 2.05) is 0 Å². The number of aromatic nitrogens is 4. The van der Waals surface area contributed by atoms with Gasteiger partial charge >= 0.3 is 6.18 Å². The van der Waals surface area contributed by atoms with Crippen molar-refractivity contribution in [1.29, 1.82) is 0 Å². The van der Waals surface area contributed by atoms with Crippen molar-refractivity contribution in [2.45, 2.75) is 19.6 Å². The number of halogens is 3. The number of nitrogens with zero attached hydrogens (tertiary/aromatic N) is 4. The summed E-state index contributed by atoms with van der Waals surface area (Å²) in [6, 6.07) is 3.53. The molecule has 0 atom stereocenters. The fraction of sp³-hybridized carbons (Fsp3) is 0.300. The van der Waals surface area contributed by atoms with E-state index in [1.54, 1.807) is 6.92 Å². The Kier molecular flexibility index (Phi) is 3.04. The van der Waals surface area contributed by atoms with Gasteiger partial charge in [0.25, 0.3) is 0 Å². The van der Waals surface area contributed by atoms with Crippen molar-refractivity contribution in [2.24, 2.45) is 5.73 Å². The Morgan fingerprint density at radius 3 is 2.50 bits per heavy atom. The Bertz CT molecular complexity index is 561. The van der Waals surface area contributed by atoms with E-state index in [0.717, 1.165) is 12.1 Å². The molecule has 0 unspecified atom stereocenters. The van der Waals surface area contributed by atoms with E-state index >= 15 is 0 Å². The van der Waals surface area contributed by atoms with E-state index in [-0.39, 0.29) is 12.2 Å². The summed E-state index contributed by atoms with van der Waals surface area (Å²) >= 11 is 0. The summed E-state index contributed by atoms with van der Waals surface area (Å²) < 4.78 is 39.4. The average Bonchev–Trinajstić information content (AvgIpc) is 2.73. The molecule has 8 heteroatoms. The van der Waals surface area contributed by atoms with Crippen LogP contribution in [0.3, 0.4) is 0 Å². The first-order chi connectivity index (χ1) is 8.41. The lowest BCUT2D eigenvalue weighted by molar-refractivity contribution is -0.137. The zero-order chi connectivity index (χ0) is 13.3. The second kappa shape index (κ2) is 4.37. The maximum atomic E-state index is 12.7. The van der Waals surface area contributed by atoms with E-state index in [9.17, 15) is 13.2 Å². The summed E-state index contributed by atoms with van der Waals surface area (Å²) in [6.07, 6.45) is -4.43. The van der Waals surface area contributed by atoms with Crippen molar-refractivity contribution >= 4 is 0 Å². The molecule has 1 heterocycles. The molecule has 5 nitrogen and oxygen atoms in total. The molecule has 0 saturated heterocycles. The maximum Gasteiger partial charge on any atom is 0.416 e. The monoisotopic (exact) mass is 257 g/mol. The third kappa shape index (κ3) is 2.33. The van der Waals surface area contributed by atoms with Gasteiger partial charge in [-0.3, -0.25) is 0 Å². The van der Waals surface area contributed by atoms with Crippen LogP contribution in [-0.4, -0.2) is 20.2 Å². The van der Waals surface area contributed by atoms with E-state index in [2.05, 4.69) is 15.5 Å². The normalized spacial score (nSPS) is 11.8. The first kappa shape index (κ1) is 12.5. The molecule has 1 aromatic heterocycles. The molecule has 0 bridgehead atoms. The molecule has 2 N–H and O–H groups in total. The van der Waals surface area contributed by atoms with Gasteiger partial charge in [0.05, 0.1) is 11.3 Å². The van der Waals surface area contributed by atoms with Crippen LogP contribution in [0.2, 0.25) is 0 Å². The van der Waals surface area contributed by atoms with Crippen LogP contribution in [0.4, 0.5) is 13.2 Å². The second-order valence-electron chi connectivity index (χ2n) is 3.73. The zero-order valence-corrected chi connectivity index (χ0v) is 9.44. The molecule has 0 aliphatic rings.